The molecule has 1 N–H and O–H groups in total. The summed E-state index contributed by atoms with van der Waals surface area (Å²) in [5, 5.41) is 10.9. The molecule has 0 aromatic carbocycles. The molecule has 2 aromatic rings. The smallest absolute Gasteiger partial charge is 0.271 e. The third-order valence-corrected chi connectivity index (χ3v) is 4.34. The van der Waals surface area contributed by atoms with E-state index in [4.69, 9.17) is 5.11 Å². The summed E-state index contributed by atoms with van der Waals surface area (Å²) < 4.78 is 1.47. The molecule has 0 spiro atoms. The molecule has 0 fully saturated rings. The number of fused-ring (bicyclic) bond motifs is 1. The lowest BCUT2D eigenvalue weighted by atomic mass is 9.95. The van der Waals surface area contributed by atoms with Crippen molar-refractivity contribution in [1.82, 2.24) is 14.3 Å². The third-order valence-electron chi connectivity index (χ3n) is 3.39. The molecule has 7 heteroatoms. The zero-order valence-corrected chi connectivity index (χ0v) is 14.8. The van der Waals surface area contributed by atoms with E-state index in [0.29, 0.717) is 24.5 Å². The monoisotopic (exact) mass is 337 g/mol. The second kappa shape index (κ2) is 6.80. The van der Waals surface area contributed by atoms with Crippen LogP contribution in [-0.2, 0) is 0 Å². The van der Waals surface area contributed by atoms with E-state index < -0.39 is 0 Å². The van der Waals surface area contributed by atoms with Gasteiger partial charge in [0.25, 0.3) is 11.5 Å². The third kappa shape index (κ3) is 3.97. The van der Waals surface area contributed by atoms with Crippen LogP contribution < -0.4 is 5.56 Å². The van der Waals surface area contributed by atoms with Crippen LogP contribution in [-0.4, -0.2) is 45.0 Å². The molecule has 2 rings (SSSR count). The number of aromatic nitrogens is 2. The number of hydrogen-bond donors (Lipinski definition) is 1. The number of aryl methyl sites for hydroxylation is 1. The van der Waals surface area contributed by atoms with E-state index in [2.05, 4.69) is 4.98 Å². The maximum atomic E-state index is 12.8. The van der Waals surface area contributed by atoms with Gasteiger partial charge in [0.05, 0.1) is 0 Å². The molecular weight excluding hydrogens is 314 g/mol. The minimum atomic E-state index is -0.332. The zero-order chi connectivity index (χ0) is 17.2. The van der Waals surface area contributed by atoms with Gasteiger partial charge in [0.15, 0.2) is 4.96 Å². The number of carbonyl (C=O) groups excluding carboxylic acids is 1. The average Bonchev–Trinajstić information content (AvgIpc) is 2.84. The molecule has 0 atom stereocenters. The van der Waals surface area contributed by atoms with Crippen molar-refractivity contribution in [3.05, 3.63) is 33.2 Å². The number of hydrogen-bond acceptors (Lipinski definition) is 5. The first kappa shape index (κ1) is 17.6. The minimum absolute atomic E-state index is 0.00777. The van der Waals surface area contributed by atoms with Crippen molar-refractivity contribution < 1.29 is 9.90 Å². The van der Waals surface area contributed by atoms with Crippen molar-refractivity contribution in [3.8, 4) is 0 Å². The molecular formula is C16H23N3O3S. The van der Waals surface area contributed by atoms with E-state index >= 15 is 0 Å². The Morgan fingerprint density at radius 3 is 2.74 bits per heavy atom. The molecule has 0 saturated carbocycles. The molecule has 0 saturated heterocycles. The van der Waals surface area contributed by atoms with Crippen LogP contribution >= 0.6 is 11.3 Å². The van der Waals surface area contributed by atoms with Crippen LogP contribution in [0, 0.1) is 12.3 Å². The molecule has 6 nitrogen and oxygen atoms in total. The van der Waals surface area contributed by atoms with E-state index in [9.17, 15) is 9.59 Å². The van der Waals surface area contributed by atoms with Crippen LogP contribution in [0.4, 0.5) is 0 Å². The molecule has 2 heterocycles. The van der Waals surface area contributed by atoms with Crippen molar-refractivity contribution in [1.29, 1.82) is 0 Å². The van der Waals surface area contributed by atoms with E-state index in [1.165, 1.54) is 21.9 Å². The average molecular weight is 337 g/mol. The van der Waals surface area contributed by atoms with E-state index in [-0.39, 0.29) is 29.1 Å². The summed E-state index contributed by atoms with van der Waals surface area (Å²) in [4.78, 5) is 31.9. The lowest BCUT2D eigenvalue weighted by Crippen LogP contribution is -2.41. The molecule has 0 radical (unpaired) electrons. The van der Waals surface area contributed by atoms with Crippen LogP contribution in [0.1, 0.15) is 43.2 Å². The first-order valence-electron chi connectivity index (χ1n) is 7.60. The normalized spacial score (nSPS) is 11.9. The number of carbonyl (C=O) groups is 1. The van der Waals surface area contributed by atoms with Gasteiger partial charge in [-0.15, -0.1) is 11.3 Å². The lowest BCUT2D eigenvalue weighted by Gasteiger charge is -2.29. The first-order chi connectivity index (χ1) is 10.7. The Balaban J connectivity index is 2.41. The Hall–Kier alpha value is -1.73. The Bertz CT molecular complexity index is 758. The summed E-state index contributed by atoms with van der Waals surface area (Å²) in [6.07, 6.45) is 1.85. The summed E-state index contributed by atoms with van der Waals surface area (Å²) in [7, 11) is 0. The molecule has 126 valence electrons. The lowest BCUT2D eigenvalue weighted by molar-refractivity contribution is 0.0680. The SMILES string of the molecule is Cc1csc2ncc(C(=O)N(CCCO)CC(C)(C)C)c(=O)n12. The van der Waals surface area contributed by atoms with E-state index in [1.54, 1.807) is 4.90 Å². The maximum Gasteiger partial charge on any atom is 0.271 e. The predicted octanol–water partition coefficient (Wildman–Crippen LogP) is 1.94. The highest BCUT2D eigenvalue weighted by atomic mass is 32.1. The predicted molar refractivity (Wildman–Crippen MR) is 91.1 cm³/mol. The second-order valence-electron chi connectivity index (χ2n) is 6.84. The van der Waals surface area contributed by atoms with Gasteiger partial charge >= 0.3 is 0 Å². The first-order valence-corrected chi connectivity index (χ1v) is 8.48. The second-order valence-corrected chi connectivity index (χ2v) is 7.67. The molecule has 1 amide bonds. The summed E-state index contributed by atoms with van der Waals surface area (Å²) in [5.41, 5.74) is 0.416. The summed E-state index contributed by atoms with van der Waals surface area (Å²) in [6.45, 7) is 8.85. The Labute approximate surface area is 139 Å². The number of nitrogens with zero attached hydrogens (tertiary/aromatic N) is 3. The molecule has 0 bridgehead atoms. The van der Waals surface area contributed by atoms with E-state index in [0.717, 1.165) is 5.69 Å². The van der Waals surface area contributed by atoms with Gasteiger partial charge in [-0.25, -0.2) is 4.98 Å². The van der Waals surface area contributed by atoms with E-state index in [1.807, 2.05) is 33.1 Å². The van der Waals surface area contributed by atoms with Gasteiger partial charge in [-0.2, -0.15) is 0 Å². The Morgan fingerprint density at radius 2 is 2.13 bits per heavy atom. The highest BCUT2D eigenvalue weighted by molar-refractivity contribution is 7.15. The highest BCUT2D eigenvalue weighted by Crippen LogP contribution is 2.17. The van der Waals surface area contributed by atoms with Crippen LogP contribution in [0.5, 0.6) is 0 Å². The Morgan fingerprint density at radius 1 is 1.43 bits per heavy atom. The summed E-state index contributed by atoms with van der Waals surface area (Å²) in [5.74, 6) is -0.328. The molecule has 2 aromatic heterocycles. The molecule has 23 heavy (non-hydrogen) atoms. The van der Waals surface area contributed by atoms with Crippen molar-refractivity contribution in [3.63, 3.8) is 0 Å². The Kier molecular flexibility index (Phi) is 5.21. The van der Waals surface area contributed by atoms with Gasteiger partial charge in [0, 0.05) is 37.0 Å². The number of amides is 1. The minimum Gasteiger partial charge on any atom is -0.396 e. The van der Waals surface area contributed by atoms with Gasteiger partial charge in [-0.3, -0.25) is 14.0 Å². The van der Waals surface area contributed by atoms with Gasteiger partial charge in [-0.05, 0) is 18.8 Å². The maximum absolute atomic E-state index is 12.8. The molecule has 0 aliphatic heterocycles. The number of aliphatic hydroxyl groups excluding tert-OH is 1. The van der Waals surface area contributed by atoms with Crippen molar-refractivity contribution in [2.75, 3.05) is 19.7 Å². The number of aliphatic hydroxyl groups is 1. The molecule has 0 aliphatic carbocycles. The topological polar surface area (TPSA) is 74.9 Å². The number of rotatable bonds is 5. The van der Waals surface area contributed by atoms with Crippen LogP contribution in [0.25, 0.3) is 4.96 Å². The quantitative estimate of drug-likeness (QED) is 0.905. The largest absolute Gasteiger partial charge is 0.396 e. The zero-order valence-electron chi connectivity index (χ0n) is 14.0. The fourth-order valence-corrected chi connectivity index (χ4v) is 3.26. The fraction of sp³-hybridized carbons (Fsp3) is 0.562. The summed E-state index contributed by atoms with van der Waals surface area (Å²) >= 11 is 1.37. The fourth-order valence-electron chi connectivity index (χ4n) is 2.43. The standard InChI is InChI=1S/C16H23N3O3S/c1-11-9-23-15-17-8-12(14(22)19(11)15)13(21)18(6-5-7-20)10-16(2,3)4/h8-9,20H,5-7,10H2,1-4H3. The van der Waals surface area contributed by atoms with Crippen LogP contribution in [0.2, 0.25) is 0 Å². The molecule has 0 unspecified atom stereocenters. The summed E-state index contributed by atoms with van der Waals surface area (Å²) in [6, 6.07) is 0. The van der Waals surface area contributed by atoms with Gasteiger partial charge in [-0.1, -0.05) is 20.8 Å². The van der Waals surface area contributed by atoms with Gasteiger partial charge < -0.3 is 10.0 Å². The highest BCUT2D eigenvalue weighted by Gasteiger charge is 2.25. The molecule has 0 aliphatic rings. The van der Waals surface area contributed by atoms with Gasteiger partial charge in [0.2, 0.25) is 0 Å². The van der Waals surface area contributed by atoms with Crippen LogP contribution in [0.15, 0.2) is 16.4 Å². The van der Waals surface area contributed by atoms with Gasteiger partial charge in [0.1, 0.15) is 5.56 Å². The number of thiazole rings is 1. The van der Waals surface area contributed by atoms with Crippen molar-refractivity contribution in [2.45, 2.75) is 34.1 Å². The van der Waals surface area contributed by atoms with Crippen molar-refractivity contribution in [2.24, 2.45) is 5.41 Å². The van der Waals surface area contributed by atoms with Crippen molar-refractivity contribution >= 4 is 22.2 Å². The van der Waals surface area contributed by atoms with Crippen LogP contribution in [0.3, 0.4) is 0 Å².